The van der Waals surface area contributed by atoms with Crippen LogP contribution < -0.4 is 5.73 Å². The Hall–Kier alpha value is -2.86. The van der Waals surface area contributed by atoms with E-state index in [4.69, 9.17) is 5.73 Å². The van der Waals surface area contributed by atoms with E-state index in [1.807, 2.05) is 12.3 Å². The van der Waals surface area contributed by atoms with Crippen LogP contribution in [-0.2, 0) is 6.42 Å². The molecule has 0 amide bonds. The maximum absolute atomic E-state index is 14.6. The Kier molecular flexibility index (Phi) is 3.73. The van der Waals surface area contributed by atoms with Crippen molar-refractivity contribution in [3.63, 3.8) is 0 Å². The molecule has 132 valence electrons. The molecule has 4 N–H and O–H groups in total. The number of phenolic OH excluding ortho intramolecular Hbond substituents is 2. The number of fused-ring (bicyclic) bond motifs is 1. The van der Waals surface area contributed by atoms with Gasteiger partial charge in [0.25, 0.3) is 0 Å². The third-order valence-corrected chi connectivity index (χ3v) is 5.49. The Morgan fingerprint density at radius 2 is 1.77 bits per heavy atom. The number of hydrogen-bond acceptors (Lipinski definition) is 4. The number of hydrogen-bond donors (Lipinski definition) is 3. The van der Waals surface area contributed by atoms with E-state index in [1.54, 1.807) is 17.5 Å². The number of anilines is 1. The number of halogens is 2. The van der Waals surface area contributed by atoms with Crippen molar-refractivity contribution in [3.05, 3.63) is 74.5 Å². The minimum Gasteiger partial charge on any atom is -0.508 e. The summed E-state index contributed by atoms with van der Waals surface area (Å²) < 4.78 is 28.5. The van der Waals surface area contributed by atoms with E-state index in [1.165, 1.54) is 17.4 Å². The van der Waals surface area contributed by atoms with Gasteiger partial charge in [0.2, 0.25) is 5.82 Å². The van der Waals surface area contributed by atoms with Crippen LogP contribution in [-0.4, -0.2) is 10.2 Å². The minimum absolute atomic E-state index is 0.0796. The van der Waals surface area contributed by atoms with E-state index in [9.17, 15) is 19.0 Å². The summed E-state index contributed by atoms with van der Waals surface area (Å²) in [6.45, 7) is 1.86. The largest absolute Gasteiger partial charge is 0.508 e. The molecule has 2 aromatic carbocycles. The fourth-order valence-corrected chi connectivity index (χ4v) is 4.24. The molecule has 0 saturated heterocycles. The molecule has 1 aliphatic rings. The molecular formula is C20H15F2NO2S. The van der Waals surface area contributed by atoms with Gasteiger partial charge in [0.05, 0.1) is 5.69 Å². The smallest absolute Gasteiger partial charge is 0.200 e. The molecule has 0 spiro atoms. The molecular weight excluding hydrogens is 356 g/mol. The first-order valence-corrected chi connectivity index (χ1v) is 8.88. The fourth-order valence-electron chi connectivity index (χ4n) is 3.50. The highest BCUT2D eigenvalue weighted by Gasteiger charge is 2.29. The lowest BCUT2D eigenvalue weighted by Gasteiger charge is -2.11. The quantitative estimate of drug-likeness (QED) is 0.604. The molecule has 0 bridgehead atoms. The van der Waals surface area contributed by atoms with Crippen LogP contribution in [0.4, 0.5) is 14.5 Å². The van der Waals surface area contributed by atoms with Crippen molar-refractivity contribution in [2.45, 2.75) is 13.3 Å². The molecule has 0 fully saturated rings. The lowest BCUT2D eigenvalue weighted by atomic mass is 9.94. The third-order valence-electron chi connectivity index (χ3n) is 4.73. The van der Waals surface area contributed by atoms with Crippen molar-refractivity contribution in [2.24, 2.45) is 0 Å². The molecule has 0 saturated carbocycles. The fraction of sp³-hybridized carbons (Fsp3) is 0.100. The SMILES string of the molecule is Cc1cc(O)cc2c1CC(c1ccc(O)c(F)c1F)=C2c1cscc1N. The molecule has 0 unspecified atom stereocenters. The average molecular weight is 371 g/mol. The van der Waals surface area contributed by atoms with E-state index < -0.39 is 17.4 Å². The molecule has 3 nitrogen and oxygen atoms in total. The van der Waals surface area contributed by atoms with Gasteiger partial charge < -0.3 is 15.9 Å². The summed E-state index contributed by atoms with van der Waals surface area (Å²) in [6.07, 6.45) is 0.382. The average Bonchev–Trinajstić information content (AvgIpc) is 3.16. The van der Waals surface area contributed by atoms with Crippen molar-refractivity contribution in [1.29, 1.82) is 0 Å². The lowest BCUT2D eigenvalue weighted by molar-refractivity contribution is 0.406. The first-order valence-electron chi connectivity index (χ1n) is 7.94. The molecule has 1 aliphatic carbocycles. The summed E-state index contributed by atoms with van der Waals surface area (Å²) in [5.41, 5.74) is 11.3. The van der Waals surface area contributed by atoms with Gasteiger partial charge in [-0.1, -0.05) is 0 Å². The molecule has 1 heterocycles. The molecule has 0 radical (unpaired) electrons. The summed E-state index contributed by atoms with van der Waals surface area (Å²) >= 11 is 1.41. The van der Waals surface area contributed by atoms with E-state index in [2.05, 4.69) is 0 Å². The van der Waals surface area contributed by atoms with Gasteiger partial charge in [-0.3, -0.25) is 0 Å². The Labute approximate surface area is 152 Å². The number of nitrogen functional groups attached to an aromatic ring is 1. The van der Waals surface area contributed by atoms with E-state index >= 15 is 0 Å². The number of allylic oxidation sites excluding steroid dienone is 1. The standard InChI is InChI=1S/C20H15F2NO2S/c1-9-4-10(24)5-13-12(9)6-14(18(13)15-7-26-8-16(15)23)11-2-3-17(25)20(22)19(11)21/h2-5,7-8,24-25H,6,23H2,1H3. The Balaban J connectivity index is 2.05. The molecule has 0 aliphatic heterocycles. The van der Waals surface area contributed by atoms with Crippen LogP contribution in [0, 0.1) is 18.6 Å². The predicted octanol–water partition coefficient (Wildman–Crippen LogP) is 4.84. The van der Waals surface area contributed by atoms with Gasteiger partial charge in [-0.2, -0.15) is 4.39 Å². The molecule has 4 rings (SSSR count). The van der Waals surface area contributed by atoms with E-state index in [0.29, 0.717) is 23.3 Å². The van der Waals surface area contributed by atoms with Gasteiger partial charge >= 0.3 is 0 Å². The first kappa shape index (κ1) is 16.6. The number of aromatic hydroxyl groups is 2. The zero-order valence-electron chi connectivity index (χ0n) is 13.8. The van der Waals surface area contributed by atoms with Crippen molar-refractivity contribution in [3.8, 4) is 11.5 Å². The van der Waals surface area contributed by atoms with Crippen LogP contribution in [0.1, 0.15) is 27.8 Å². The van der Waals surface area contributed by atoms with Gasteiger partial charge in [-0.25, -0.2) is 4.39 Å². The number of phenols is 2. The van der Waals surface area contributed by atoms with Gasteiger partial charge in [-0.15, -0.1) is 11.3 Å². The number of aryl methyl sites for hydroxylation is 1. The summed E-state index contributed by atoms with van der Waals surface area (Å²) in [5.74, 6) is -3.00. The molecule has 26 heavy (non-hydrogen) atoms. The van der Waals surface area contributed by atoms with Crippen molar-refractivity contribution >= 4 is 28.2 Å². The Morgan fingerprint density at radius 3 is 2.46 bits per heavy atom. The van der Waals surface area contributed by atoms with Crippen LogP contribution in [0.25, 0.3) is 11.1 Å². The van der Waals surface area contributed by atoms with Crippen molar-refractivity contribution in [2.75, 3.05) is 5.73 Å². The Morgan fingerprint density at radius 1 is 1.00 bits per heavy atom. The highest BCUT2D eigenvalue weighted by molar-refractivity contribution is 7.08. The summed E-state index contributed by atoms with van der Waals surface area (Å²) in [6, 6.07) is 5.77. The summed E-state index contributed by atoms with van der Waals surface area (Å²) in [7, 11) is 0. The second-order valence-electron chi connectivity index (χ2n) is 6.32. The van der Waals surface area contributed by atoms with Crippen LogP contribution in [0.3, 0.4) is 0 Å². The second kappa shape index (κ2) is 5.85. The van der Waals surface area contributed by atoms with E-state index in [-0.39, 0.29) is 11.3 Å². The van der Waals surface area contributed by atoms with E-state index in [0.717, 1.165) is 28.3 Å². The highest BCUT2D eigenvalue weighted by Crippen LogP contribution is 2.47. The molecule has 6 heteroatoms. The minimum atomic E-state index is -1.27. The van der Waals surface area contributed by atoms with Crippen LogP contribution in [0.15, 0.2) is 35.0 Å². The number of thiophene rings is 1. The highest BCUT2D eigenvalue weighted by atomic mass is 32.1. The van der Waals surface area contributed by atoms with Crippen molar-refractivity contribution < 1.29 is 19.0 Å². The van der Waals surface area contributed by atoms with Crippen LogP contribution >= 0.6 is 11.3 Å². The predicted molar refractivity (Wildman–Crippen MR) is 99.2 cm³/mol. The maximum atomic E-state index is 14.6. The third kappa shape index (κ3) is 2.37. The topological polar surface area (TPSA) is 66.5 Å². The maximum Gasteiger partial charge on any atom is 0.200 e. The Bertz CT molecular complexity index is 1090. The summed E-state index contributed by atoms with van der Waals surface area (Å²) in [4.78, 5) is 0. The van der Waals surface area contributed by atoms with Gasteiger partial charge in [0, 0.05) is 21.9 Å². The number of nitrogens with two attached hydrogens (primary N) is 1. The monoisotopic (exact) mass is 371 g/mol. The zero-order chi connectivity index (χ0) is 18.6. The van der Waals surface area contributed by atoms with Gasteiger partial charge in [0.15, 0.2) is 11.6 Å². The van der Waals surface area contributed by atoms with Crippen LogP contribution in [0.5, 0.6) is 11.5 Å². The number of rotatable bonds is 2. The molecule has 0 atom stereocenters. The second-order valence-corrected chi connectivity index (χ2v) is 7.06. The molecule has 1 aromatic heterocycles. The summed E-state index contributed by atoms with van der Waals surface area (Å²) in [5, 5.41) is 23.1. The normalized spacial score (nSPS) is 13.3. The number of benzene rings is 2. The lowest BCUT2D eigenvalue weighted by Crippen LogP contribution is -1.97. The first-order chi connectivity index (χ1) is 12.4. The van der Waals surface area contributed by atoms with Crippen LogP contribution in [0.2, 0.25) is 0 Å². The van der Waals surface area contributed by atoms with Gasteiger partial charge in [0.1, 0.15) is 5.75 Å². The van der Waals surface area contributed by atoms with Crippen molar-refractivity contribution in [1.82, 2.24) is 0 Å². The molecule has 3 aromatic rings. The van der Waals surface area contributed by atoms with Gasteiger partial charge in [-0.05, 0) is 65.4 Å². The zero-order valence-corrected chi connectivity index (χ0v) is 14.6.